The number of esters is 1. The number of hydrogen-bond acceptors (Lipinski definition) is 9. The van der Waals surface area contributed by atoms with Crippen molar-refractivity contribution in [2.45, 2.75) is 49.8 Å². The summed E-state index contributed by atoms with van der Waals surface area (Å²) in [5.41, 5.74) is 0.990. The number of nitrogens with zero attached hydrogens (tertiary/aromatic N) is 4. The number of rotatable bonds is 10. The van der Waals surface area contributed by atoms with Crippen molar-refractivity contribution in [3.05, 3.63) is 66.4 Å². The number of carbonyl (C=O) groups excluding carboxylic acids is 2. The van der Waals surface area contributed by atoms with Gasteiger partial charge in [0.1, 0.15) is 5.60 Å². The molecule has 1 aliphatic carbocycles. The van der Waals surface area contributed by atoms with Crippen molar-refractivity contribution in [1.82, 2.24) is 24.8 Å². The molecule has 42 heavy (non-hydrogen) atoms. The van der Waals surface area contributed by atoms with Crippen LogP contribution < -0.4 is 10.1 Å². The lowest BCUT2D eigenvalue weighted by molar-refractivity contribution is -0.0893. The van der Waals surface area contributed by atoms with Gasteiger partial charge in [-0.05, 0) is 25.0 Å². The van der Waals surface area contributed by atoms with Crippen LogP contribution in [0.1, 0.15) is 59.1 Å². The lowest BCUT2D eigenvalue weighted by Gasteiger charge is -2.41. The van der Waals surface area contributed by atoms with Crippen molar-refractivity contribution >= 4 is 11.9 Å². The quantitative estimate of drug-likeness (QED) is 0.349. The lowest BCUT2D eigenvalue weighted by atomic mass is 9.80. The van der Waals surface area contributed by atoms with Crippen molar-refractivity contribution in [3.8, 4) is 17.0 Å². The van der Waals surface area contributed by atoms with E-state index in [4.69, 9.17) is 14.2 Å². The van der Waals surface area contributed by atoms with E-state index in [0.717, 1.165) is 24.8 Å². The molecule has 0 spiro atoms. The molecular formula is C31H39N5O6. The Balaban J connectivity index is 1.41. The first-order valence-electron chi connectivity index (χ1n) is 14.5. The highest BCUT2D eigenvalue weighted by molar-refractivity contribution is 5.98. The monoisotopic (exact) mass is 577 g/mol. The first-order chi connectivity index (χ1) is 20.5. The number of benzene rings is 1. The molecule has 1 saturated heterocycles. The summed E-state index contributed by atoms with van der Waals surface area (Å²) < 4.78 is 18.2. The molecule has 0 bridgehead atoms. The number of piperazine rings is 1. The fourth-order valence-corrected chi connectivity index (χ4v) is 6.14. The van der Waals surface area contributed by atoms with Crippen LogP contribution >= 0.6 is 0 Å². The minimum atomic E-state index is -1.05. The average Bonchev–Trinajstić information content (AvgIpc) is 3.46. The van der Waals surface area contributed by atoms with Gasteiger partial charge in [-0.2, -0.15) is 0 Å². The number of aromatic nitrogens is 3. The van der Waals surface area contributed by atoms with E-state index in [1.54, 1.807) is 25.6 Å². The van der Waals surface area contributed by atoms with Crippen LogP contribution in [0, 0.1) is 0 Å². The van der Waals surface area contributed by atoms with Gasteiger partial charge < -0.3 is 34.1 Å². The minimum Gasteiger partial charge on any atom is -0.491 e. The van der Waals surface area contributed by atoms with Gasteiger partial charge in [-0.15, -0.1) is 0 Å². The number of carbonyl (C=O) groups is 2. The van der Waals surface area contributed by atoms with Gasteiger partial charge >= 0.3 is 5.97 Å². The van der Waals surface area contributed by atoms with Crippen molar-refractivity contribution in [2.75, 3.05) is 47.1 Å². The van der Waals surface area contributed by atoms with Crippen LogP contribution in [0.25, 0.3) is 11.3 Å². The first-order valence-corrected chi connectivity index (χ1v) is 14.5. The molecule has 2 aliphatic rings. The van der Waals surface area contributed by atoms with Crippen molar-refractivity contribution in [3.63, 3.8) is 0 Å². The number of methoxy groups -OCH3 is 2. The molecule has 1 saturated carbocycles. The second-order valence-electron chi connectivity index (χ2n) is 10.8. The third-order valence-corrected chi connectivity index (χ3v) is 8.20. The number of imidazole rings is 1. The summed E-state index contributed by atoms with van der Waals surface area (Å²) in [6.45, 7) is 2.26. The zero-order valence-electron chi connectivity index (χ0n) is 24.2. The maximum absolute atomic E-state index is 14.2. The van der Waals surface area contributed by atoms with Gasteiger partial charge in [0.2, 0.25) is 0 Å². The third kappa shape index (κ3) is 6.18. The fraction of sp³-hybridized carbons (Fsp3) is 0.484. The Morgan fingerprint density at radius 2 is 1.93 bits per heavy atom. The Morgan fingerprint density at radius 3 is 2.71 bits per heavy atom. The highest BCUT2D eigenvalue weighted by Gasteiger charge is 2.42. The number of amides is 1. The number of aliphatic hydroxyl groups is 1. The Kier molecular flexibility index (Phi) is 9.51. The van der Waals surface area contributed by atoms with Crippen LogP contribution in [0.15, 0.2) is 55.0 Å². The molecule has 11 nitrogen and oxygen atoms in total. The van der Waals surface area contributed by atoms with Crippen molar-refractivity contribution in [1.29, 1.82) is 0 Å². The molecule has 0 unspecified atom stereocenters. The molecule has 2 fully saturated rings. The topological polar surface area (TPSA) is 128 Å². The smallest absolute Gasteiger partial charge is 0.360 e. The summed E-state index contributed by atoms with van der Waals surface area (Å²) >= 11 is 0. The minimum absolute atomic E-state index is 0.115. The van der Waals surface area contributed by atoms with Gasteiger partial charge in [0.25, 0.3) is 5.91 Å². The Morgan fingerprint density at radius 1 is 1.10 bits per heavy atom. The predicted octanol–water partition coefficient (Wildman–Crippen LogP) is 3.11. The molecule has 1 aromatic carbocycles. The Labute approximate surface area is 245 Å². The maximum atomic E-state index is 14.2. The Bertz CT molecular complexity index is 1360. The zero-order chi connectivity index (χ0) is 29.5. The highest BCUT2D eigenvalue weighted by atomic mass is 16.5. The molecule has 1 amide bonds. The Hall–Kier alpha value is -3.80. The predicted molar refractivity (Wildman–Crippen MR) is 155 cm³/mol. The summed E-state index contributed by atoms with van der Waals surface area (Å²) in [6.07, 6.45) is 7.02. The number of hydrogen-bond donors (Lipinski definition) is 2. The second-order valence-corrected chi connectivity index (χ2v) is 10.8. The molecule has 1 aliphatic heterocycles. The summed E-state index contributed by atoms with van der Waals surface area (Å²) in [5, 5.41) is 15.0. The molecule has 11 heteroatoms. The standard InChI is InChI=1S/C31H39N5O6/c1-40-20-31(39)14-7-6-12-25(31)36-21-34-27(28(36)22-9-4-3-5-10-22)29(37)35-17-16-32-19-23(35)13-18-42-24-11-8-15-33-26(24)30(38)41-2/h3-5,8-11,15,21,23,25,32,39H,6-7,12-14,16-20H2,1-2H3/t23-,25-,31-/m1/s1. The number of pyridine rings is 1. The summed E-state index contributed by atoms with van der Waals surface area (Å²) in [7, 11) is 2.90. The molecule has 3 aromatic rings. The van der Waals surface area contributed by atoms with E-state index in [1.165, 1.54) is 13.3 Å². The molecule has 3 heterocycles. The summed E-state index contributed by atoms with van der Waals surface area (Å²) in [5.74, 6) is -0.393. The van der Waals surface area contributed by atoms with E-state index < -0.39 is 11.6 Å². The fourth-order valence-electron chi connectivity index (χ4n) is 6.14. The van der Waals surface area contributed by atoms with Crippen molar-refractivity contribution in [2.24, 2.45) is 0 Å². The van der Waals surface area contributed by atoms with Gasteiger partial charge in [-0.1, -0.05) is 43.2 Å². The highest BCUT2D eigenvalue weighted by Crippen LogP contribution is 2.41. The lowest BCUT2D eigenvalue weighted by Crippen LogP contribution is -2.54. The second kappa shape index (κ2) is 13.5. The van der Waals surface area contributed by atoms with Crippen LogP contribution in [0.5, 0.6) is 5.75 Å². The largest absolute Gasteiger partial charge is 0.491 e. The van der Waals surface area contributed by atoms with Crippen LogP contribution in [0.3, 0.4) is 0 Å². The third-order valence-electron chi connectivity index (χ3n) is 8.20. The zero-order valence-corrected chi connectivity index (χ0v) is 24.2. The molecule has 2 N–H and O–H groups in total. The molecule has 0 radical (unpaired) electrons. The van der Waals surface area contributed by atoms with Gasteiger partial charge in [0.15, 0.2) is 17.1 Å². The van der Waals surface area contributed by atoms with E-state index in [0.29, 0.717) is 49.6 Å². The van der Waals surface area contributed by atoms with Crippen LogP contribution in [-0.2, 0) is 9.47 Å². The van der Waals surface area contributed by atoms with Crippen LogP contribution in [0.4, 0.5) is 0 Å². The van der Waals surface area contributed by atoms with Crippen LogP contribution in [-0.4, -0.2) is 95.1 Å². The molecular weight excluding hydrogens is 538 g/mol. The van der Waals surface area contributed by atoms with Gasteiger partial charge in [0, 0.05) is 51.0 Å². The maximum Gasteiger partial charge on any atom is 0.360 e. The van der Waals surface area contributed by atoms with E-state index in [9.17, 15) is 14.7 Å². The van der Waals surface area contributed by atoms with Gasteiger partial charge in [-0.25, -0.2) is 14.8 Å². The van der Waals surface area contributed by atoms with E-state index >= 15 is 0 Å². The average molecular weight is 578 g/mol. The summed E-state index contributed by atoms with van der Waals surface area (Å²) in [4.78, 5) is 36.9. The molecule has 3 atom stereocenters. The van der Waals surface area contributed by atoms with Crippen LogP contribution in [0.2, 0.25) is 0 Å². The van der Waals surface area contributed by atoms with E-state index in [-0.39, 0.29) is 36.9 Å². The number of nitrogens with one attached hydrogen (secondary N) is 1. The van der Waals surface area contributed by atoms with Gasteiger partial charge in [-0.3, -0.25) is 4.79 Å². The summed E-state index contributed by atoms with van der Waals surface area (Å²) in [6, 6.07) is 12.7. The van der Waals surface area contributed by atoms with E-state index in [1.807, 2.05) is 39.8 Å². The normalized spacial score (nSPS) is 22.5. The molecule has 5 rings (SSSR count). The SMILES string of the molecule is COC[C@]1(O)CCCC[C@H]1n1cnc(C(=O)N2CCNC[C@H]2CCOc2cccnc2C(=O)OC)c1-c1ccccc1. The molecule has 224 valence electrons. The first kappa shape index (κ1) is 29.7. The molecule has 2 aromatic heterocycles. The number of ether oxygens (including phenoxy) is 3. The van der Waals surface area contributed by atoms with Crippen molar-refractivity contribution < 1.29 is 28.9 Å². The van der Waals surface area contributed by atoms with Gasteiger partial charge in [0.05, 0.1) is 38.4 Å². The van der Waals surface area contributed by atoms with E-state index in [2.05, 4.69) is 15.3 Å².